The van der Waals surface area contributed by atoms with E-state index in [0.29, 0.717) is 0 Å². The maximum Gasteiger partial charge on any atom is 0.460 e. The fourth-order valence-corrected chi connectivity index (χ4v) is 1.50. The first kappa shape index (κ1) is 25.9. The minimum absolute atomic E-state index is 1.77. The summed E-state index contributed by atoms with van der Waals surface area (Å²) in [5.41, 5.74) is 0. The van der Waals surface area contributed by atoms with Crippen molar-refractivity contribution < 1.29 is 77.5 Å². The van der Waals surface area contributed by atoms with Crippen LogP contribution in [0.1, 0.15) is 0 Å². The van der Waals surface area contributed by atoms with Crippen molar-refractivity contribution in [1.82, 2.24) is 0 Å². The molecule has 0 aliphatic carbocycles. The van der Waals surface area contributed by atoms with E-state index in [1.165, 1.54) is 0 Å². The van der Waals surface area contributed by atoms with Gasteiger partial charge in [0.15, 0.2) is 6.10 Å². The molecule has 4 N–H and O–H groups in total. The predicted molar refractivity (Wildman–Crippen MR) is 55.9 cm³/mol. The first-order chi connectivity index (χ1) is 11.6. The second-order valence-corrected chi connectivity index (χ2v) is 5.10. The number of rotatable bonds is 8. The lowest BCUT2D eigenvalue weighted by molar-refractivity contribution is -0.446. The fraction of sp³-hybridized carbons (Fsp3) is 1.00. The van der Waals surface area contributed by atoms with Crippen molar-refractivity contribution in [3.05, 3.63) is 0 Å². The van der Waals surface area contributed by atoms with Crippen LogP contribution in [-0.4, -0.2) is 81.1 Å². The topological polar surface area (TPSA) is 80.9 Å². The molecule has 0 rings (SSSR count). The molecule has 0 unspecified atom stereocenters. The zero-order valence-corrected chi connectivity index (χ0v) is 12.1. The third kappa shape index (κ3) is 3.65. The van der Waals surface area contributed by atoms with Gasteiger partial charge in [-0.25, -0.2) is 0 Å². The van der Waals surface area contributed by atoms with Crippen LogP contribution in [0.25, 0.3) is 0 Å². The SMILES string of the molecule is OC[C@H](O)[C@@H](O)[C@@H](O)C(F)(F)C(F)(F)C(F)(F)C(F)(F)C(F)(F)C(F)(F)F. The molecular weight excluding hydrogens is 431 g/mol. The van der Waals surface area contributed by atoms with Gasteiger partial charge >= 0.3 is 35.8 Å². The molecule has 0 fully saturated rings. The molecule has 0 aliphatic rings. The number of aliphatic hydroxyl groups excluding tert-OH is 4. The van der Waals surface area contributed by atoms with E-state index in [2.05, 4.69) is 0 Å². The van der Waals surface area contributed by atoms with E-state index >= 15 is 0 Å². The molecule has 3 atom stereocenters. The summed E-state index contributed by atoms with van der Waals surface area (Å²) in [6, 6.07) is 0. The van der Waals surface area contributed by atoms with Crippen molar-refractivity contribution in [1.29, 1.82) is 0 Å². The Kier molecular flexibility index (Phi) is 6.79. The summed E-state index contributed by atoms with van der Waals surface area (Å²) >= 11 is 0. The van der Waals surface area contributed by atoms with Crippen LogP contribution in [0, 0.1) is 0 Å². The van der Waals surface area contributed by atoms with Gasteiger partial charge in [0, 0.05) is 0 Å². The van der Waals surface area contributed by atoms with Gasteiger partial charge in [0.25, 0.3) is 0 Å². The molecule has 17 heteroatoms. The molecule has 0 spiro atoms. The van der Waals surface area contributed by atoms with E-state index in [4.69, 9.17) is 20.4 Å². The average molecular weight is 440 g/mol. The second kappa shape index (κ2) is 7.07. The van der Waals surface area contributed by atoms with Crippen LogP contribution in [0.2, 0.25) is 0 Å². The Hall–Kier alpha value is -1.07. The van der Waals surface area contributed by atoms with Crippen molar-refractivity contribution in [3.63, 3.8) is 0 Å². The minimum Gasteiger partial charge on any atom is -0.394 e. The van der Waals surface area contributed by atoms with Gasteiger partial charge < -0.3 is 20.4 Å². The van der Waals surface area contributed by atoms with Gasteiger partial charge in [-0.1, -0.05) is 0 Å². The molecule has 0 bridgehead atoms. The first-order valence-electron chi connectivity index (χ1n) is 6.16. The molecule has 0 aromatic heterocycles. The Labute approximate surface area is 139 Å². The second-order valence-electron chi connectivity index (χ2n) is 5.10. The standard InChI is InChI=1S/C10H9F13O4/c11-5(12,4(27)3(26)2(25)1-24)6(13,14)7(15,16)8(17,18)9(19,20)10(21,22)23/h2-4,24-27H,1H2/t2-,3+,4+/m0/s1. The van der Waals surface area contributed by atoms with Gasteiger partial charge in [-0.3, -0.25) is 0 Å². The Bertz CT molecular complexity index is 518. The van der Waals surface area contributed by atoms with Gasteiger partial charge in [-0.2, -0.15) is 57.1 Å². The zero-order valence-electron chi connectivity index (χ0n) is 12.1. The van der Waals surface area contributed by atoms with E-state index in [0.717, 1.165) is 0 Å². The summed E-state index contributed by atoms with van der Waals surface area (Å²) in [5.74, 6) is -39.0. The highest BCUT2D eigenvalue weighted by Gasteiger charge is 2.91. The fourth-order valence-electron chi connectivity index (χ4n) is 1.50. The lowest BCUT2D eigenvalue weighted by atomic mass is 9.89. The number of hydrogen-bond donors (Lipinski definition) is 4. The van der Waals surface area contributed by atoms with Gasteiger partial charge in [-0.05, 0) is 0 Å². The molecule has 0 saturated carbocycles. The number of aliphatic hydroxyl groups is 4. The number of halogens is 13. The number of alkyl halides is 13. The highest BCUT2D eigenvalue weighted by atomic mass is 19.4. The Morgan fingerprint density at radius 1 is 0.556 bits per heavy atom. The van der Waals surface area contributed by atoms with E-state index < -0.39 is 60.7 Å². The molecule has 0 aliphatic heterocycles. The molecule has 4 nitrogen and oxygen atoms in total. The molecule has 0 heterocycles. The molecule has 27 heavy (non-hydrogen) atoms. The molecule has 0 aromatic rings. The highest BCUT2D eigenvalue weighted by Crippen LogP contribution is 2.60. The third-order valence-corrected chi connectivity index (χ3v) is 3.23. The van der Waals surface area contributed by atoms with Crippen molar-refractivity contribution in [2.45, 2.75) is 54.1 Å². The maximum absolute atomic E-state index is 13.4. The molecular formula is C10H9F13O4. The monoisotopic (exact) mass is 440 g/mol. The summed E-state index contributed by atoms with van der Waals surface area (Å²) in [6.07, 6.45) is -18.7. The third-order valence-electron chi connectivity index (χ3n) is 3.23. The Morgan fingerprint density at radius 3 is 1.19 bits per heavy atom. The quantitative estimate of drug-likeness (QED) is 0.435. The lowest BCUT2D eigenvalue weighted by Gasteiger charge is -2.41. The maximum atomic E-state index is 13.4. The molecule has 164 valence electrons. The van der Waals surface area contributed by atoms with Crippen molar-refractivity contribution in [2.75, 3.05) is 6.61 Å². The van der Waals surface area contributed by atoms with Crippen LogP contribution in [0.4, 0.5) is 57.1 Å². The average Bonchev–Trinajstić information content (AvgIpc) is 2.50. The summed E-state index contributed by atoms with van der Waals surface area (Å²) < 4.78 is 166. The summed E-state index contributed by atoms with van der Waals surface area (Å²) in [6.45, 7) is -1.77. The summed E-state index contributed by atoms with van der Waals surface area (Å²) in [7, 11) is 0. The van der Waals surface area contributed by atoms with Crippen LogP contribution in [0.15, 0.2) is 0 Å². The minimum atomic E-state index is -8.15. The molecule has 0 radical (unpaired) electrons. The van der Waals surface area contributed by atoms with Crippen LogP contribution >= 0.6 is 0 Å². The highest BCUT2D eigenvalue weighted by molar-refractivity contribution is 5.12. The van der Waals surface area contributed by atoms with Crippen LogP contribution in [-0.2, 0) is 0 Å². The predicted octanol–water partition coefficient (Wildman–Crippen LogP) is 1.80. The zero-order chi connectivity index (χ0) is 22.4. The molecule has 0 saturated heterocycles. The normalized spacial score (nSPS) is 19.0. The first-order valence-corrected chi connectivity index (χ1v) is 6.16. The van der Waals surface area contributed by atoms with Crippen LogP contribution in [0.5, 0.6) is 0 Å². The van der Waals surface area contributed by atoms with E-state index in [1.54, 1.807) is 0 Å². The van der Waals surface area contributed by atoms with Crippen molar-refractivity contribution in [3.8, 4) is 0 Å². The molecule has 0 aromatic carbocycles. The van der Waals surface area contributed by atoms with Crippen molar-refractivity contribution >= 4 is 0 Å². The summed E-state index contributed by atoms with van der Waals surface area (Å²) in [5, 5.41) is 34.5. The van der Waals surface area contributed by atoms with E-state index in [-0.39, 0.29) is 0 Å². The van der Waals surface area contributed by atoms with E-state index in [9.17, 15) is 57.1 Å². The van der Waals surface area contributed by atoms with Gasteiger partial charge in [0.05, 0.1) is 6.61 Å². The van der Waals surface area contributed by atoms with Gasteiger partial charge in [-0.15, -0.1) is 0 Å². The van der Waals surface area contributed by atoms with Crippen LogP contribution in [0.3, 0.4) is 0 Å². The van der Waals surface area contributed by atoms with Crippen LogP contribution < -0.4 is 0 Å². The summed E-state index contributed by atoms with van der Waals surface area (Å²) in [4.78, 5) is 0. The van der Waals surface area contributed by atoms with E-state index in [1.807, 2.05) is 0 Å². The Morgan fingerprint density at radius 2 is 0.889 bits per heavy atom. The molecule has 0 amide bonds. The largest absolute Gasteiger partial charge is 0.460 e. The number of hydrogen-bond acceptors (Lipinski definition) is 4. The lowest BCUT2D eigenvalue weighted by Crippen LogP contribution is -2.72. The smallest absolute Gasteiger partial charge is 0.394 e. The Balaban J connectivity index is 6.31. The van der Waals surface area contributed by atoms with Gasteiger partial charge in [0.1, 0.15) is 12.2 Å². The van der Waals surface area contributed by atoms with Crippen molar-refractivity contribution in [2.24, 2.45) is 0 Å². The van der Waals surface area contributed by atoms with Gasteiger partial charge in [0.2, 0.25) is 0 Å².